The van der Waals surface area contributed by atoms with Crippen LogP contribution in [0.2, 0.25) is 0 Å². The number of benzene rings is 2. The average molecular weight is 284 g/mol. The summed E-state index contributed by atoms with van der Waals surface area (Å²) in [5, 5.41) is 3.38. The highest BCUT2D eigenvalue weighted by Gasteiger charge is 2.12. The van der Waals surface area contributed by atoms with Crippen LogP contribution in [0.3, 0.4) is 0 Å². The maximum Gasteiger partial charge on any atom is 0.126 e. The molecule has 21 heavy (non-hydrogen) atoms. The van der Waals surface area contributed by atoms with Crippen LogP contribution in [0.5, 0.6) is 0 Å². The molecule has 2 nitrogen and oxygen atoms in total. The van der Waals surface area contributed by atoms with Gasteiger partial charge in [0.2, 0.25) is 0 Å². The Balaban J connectivity index is 1.67. The predicted molar refractivity (Wildman–Crippen MR) is 86.4 cm³/mol. The van der Waals surface area contributed by atoms with E-state index in [2.05, 4.69) is 34.5 Å². The van der Waals surface area contributed by atoms with Gasteiger partial charge in [0.05, 0.1) is 0 Å². The lowest BCUT2D eigenvalue weighted by molar-refractivity contribution is 0.616. The normalized spacial score (nSPS) is 14.5. The highest BCUT2D eigenvalue weighted by molar-refractivity contribution is 5.58. The van der Waals surface area contributed by atoms with Gasteiger partial charge in [-0.25, -0.2) is 4.39 Å². The van der Waals surface area contributed by atoms with Crippen LogP contribution in [0.4, 0.5) is 15.8 Å². The lowest BCUT2D eigenvalue weighted by Crippen LogP contribution is -2.17. The van der Waals surface area contributed by atoms with Gasteiger partial charge < -0.3 is 10.2 Å². The zero-order valence-corrected chi connectivity index (χ0v) is 12.4. The van der Waals surface area contributed by atoms with Crippen molar-refractivity contribution in [1.82, 2.24) is 0 Å². The number of aryl methyl sites for hydroxylation is 1. The van der Waals surface area contributed by atoms with Crippen molar-refractivity contribution in [3.8, 4) is 0 Å². The minimum atomic E-state index is -0.139. The predicted octanol–water partition coefficient (Wildman–Crippen LogP) is 4.35. The molecule has 0 bridgehead atoms. The van der Waals surface area contributed by atoms with E-state index in [0.29, 0.717) is 12.1 Å². The topological polar surface area (TPSA) is 15.3 Å². The van der Waals surface area contributed by atoms with Gasteiger partial charge >= 0.3 is 0 Å². The average Bonchev–Trinajstić information content (AvgIpc) is 3.03. The fraction of sp³-hybridized carbons (Fsp3) is 0.333. The molecule has 0 saturated carbocycles. The largest absolute Gasteiger partial charge is 0.381 e. The Morgan fingerprint density at radius 2 is 1.90 bits per heavy atom. The molecule has 2 aromatic rings. The van der Waals surface area contributed by atoms with Crippen molar-refractivity contribution >= 4 is 11.4 Å². The first-order valence-electron chi connectivity index (χ1n) is 7.56. The molecular formula is C18H21FN2. The van der Waals surface area contributed by atoms with Crippen LogP contribution in [0.25, 0.3) is 0 Å². The Morgan fingerprint density at radius 1 is 1.10 bits per heavy atom. The number of rotatable bonds is 4. The van der Waals surface area contributed by atoms with Gasteiger partial charge in [-0.15, -0.1) is 0 Å². The summed E-state index contributed by atoms with van der Waals surface area (Å²) in [6, 6.07) is 13.9. The number of halogens is 1. The van der Waals surface area contributed by atoms with Crippen molar-refractivity contribution in [2.75, 3.05) is 23.3 Å². The third-order valence-corrected chi connectivity index (χ3v) is 4.05. The van der Waals surface area contributed by atoms with Crippen molar-refractivity contribution in [3.05, 3.63) is 59.4 Å². The molecule has 0 spiro atoms. The van der Waals surface area contributed by atoms with Gasteiger partial charge in [-0.1, -0.05) is 18.2 Å². The van der Waals surface area contributed by atoms with E-state index in [1.165, 1.54) is 18.5 Å². The Bertz CT molecular complexity index is 618. The van der Waals surface area contributed by atoms with Gasteiger partial charge in [0.1, 0.15) is 5.82 Å². The Kier molecular flexibility index (Phi) is 4.09. The van der Waals surface area contributed by atoms with Gasteiger partial charge in [0.15, 0.2) is 0 Å². The van der Waals surface area contributed by atoms with Crippen molar-refractivity contribution in [1.29, 1.82) is 0 Å². The number of nitrogens with one attached hydrogen (secondary N) is 1. The molecule has 110 valence electrons. The first-order chi connectivity index (χ1) is 10.2. The van der Waals surface area contributed by atoms with Crippen LogP contribution >= 0.6 is 0 Å². The van der Waals surface area contributed by atoms with Crippen LogP contribution in [0, 0.1) is 12.7 Å². The van der Waals surface area contributed by atoms with Gasteiger partial charge in [-0.3, -0.25) is 0 Å². The van der Waals surface area contributed by atoms with Crippen LogP contribution in [0.15, 0.2) is 42.5 Å². The van der Waals surface area contributed by atoms with Gasteiger partial charge in [-0.05, 0) is 55.2 Å². The second-order valence-electron chi connectivity index (χ2n) is 5.68. The molecule has 2 aromatic carbocycles. The lowest BCUT2D eigenvalue weighted by atomic mass is 10.1. The fourth-order valence-electron chi connectivity index (χ4n) is 2.74. The summed E-state index contributed by atoms with van der Waals surface area (Å²) < 4.78 is 13.5. The van der Waals surface area contributed by atoms with Gasteiger partial charge in [0, 0.05) is 31.0 Å². The minimum Gasteiger partial charge on any atom is -0.381 e. The zero-order chi connectivity index (χ0) is 14.7. The Morgan fingerprint density at radius 3 is 2.67 bits per heavy atom. The maximum absolute atomic E-state index is 13.5. The molecule has 1 heterocycles. The Labute approximate surface area is 125 Å². The first-order valence-corrected chi connectivity index (χ1v) is 7.56. The van der Waals surface area contributed by atoms with E-state index in [1.54, 1.807) is 13.0 Å². The van der Waals surface area contributed by atoms with Crippen LogP contribution in [-0.4, -0.2) is 13.1 Å². The fourth-order valence-corrected chi connectivity index (χ4v) is 2.74. The molecule has 0 radical (unpaired) electrons. The summed E-state index contributed by atoms with van der Waals surface area (Å²) >= 11 is 0. The van der Waals surface area contributed by atoms with E-state index < -0.39 is 0 Å². The third-order valence-electron chi connectivity index (χ3n) is 4.05. The third kappa shape index (κ3) is 3.35. The summed E-state index contributed by atoms with van der Waals surface area (Å²) in [5.41, 5.74) is 4.01. The van der Waals surface area contributed by atoms with Crippen molar-refractivity contribution in [2.24, 2.45) is 0 Å². The molecule has 0 aliphatic carbocycles. The van der Waals surface area contributed by atoms with Crippen LogP contribution < -0.4 is 10.2 Å². The quantitative estimate of drug-likeness (QED) is 0.898. The SMILES string of the molecule is Cc1ccc(CNc2cccc(N3CCCC3)c2)cc1F. The highest BCUT2D eigenvalue weighted by Crippen LogP contribution is 2.23. The molecule has 3 heteroatoms. The Hall–Kier alpha value is -2.03. The minimum absolute atomic E-state index is 0.139. The molecule has 1 aliphatic rings. The summed E-state index contributed by atoms with van der Waals surface area (Å²) in [7, 11) is 0. The van der Waals surface area contributed by atoms with E-state index in [1.807, 2.05) is 12.1 Å². The summed E-state index contributed by atoms with van der Waals surface area (Å²) in [4.78, 5) is 2.41. The molecule has 1 saturated heterocycles. The maximum atomic E-state index is 13.5. The van der Waals surface area contributed by atoms with Crippen LogP contribution in [-0.2, 0) is 6.54 Å². The number of hydrogen-bond acceptors (Lipinski definition) is 2. The summed E-state index contributed by atoms with van der Waals surface area (Å²) in [5.74, 6) is -0.139. The highest BCUT2D eigenvalue weighted by atomic mass is 19.1. The smallest absolute Gasteiger partial charge is 0.126 e. The lowest BCUT2D eigenvalue weighted by Gasteiger charge is -2.18. The standard InChI is InChI=1S/C18H21FN2/c1-14-7-8-15(11-18(14)19)13-20-16-5-4-6-17(12-16)21-9-2-3-10-21/h4-8,11-12,20H,2-3,9-10,13H2,1H3. The molecular weight excluding hydrogens is 263 g/mol. The molecule has 3 rings (SSSR count). The number of hydrogen-bond donors (Lipinski definition) is 1. The summed E-state index contributed by atoms with van der Waals surface area (Å²) in [6.45, 7) is 4.71. The molecule has 1 aliphatic heterocycles. The van der Waals surface area contributed by atoms with Crippen LogP contribution in [0.1, 0.15) is 24.0 Å². The van der Waals surface area contributed by atoms with Crippen molar-refractivity contribution in [2.45, 2.75) is 26.3 Å². The van der Waals surface area contributed by atoms with E-state index >= 15 is 0 Å². The van der Waals surface area contributed by atoms with E-state index in [9.17, 15) is 4.39 Å². The van der Waals surface area contributed by atoms with Crippen molar-refractivity contribution < 1.29 is 4.39 Å². The monoisotopic (exact) mass is 284 g/mol. The summed E-state index contributed by atoms with van der Waals surface area (Å²) in [6.07, 6.45) is 2.56. The van der Waals surface area contributed by atoms with Gasteiger partial charge in [0.25, 0.3) is 0 Å². The molecule has 0 aromatic heterocycles. The van der Waals surface area contributed by atoms with E-state index in [4.69, 9.17) is 0 Å². The molecule has 0 atom stereocenters. The number of anilines is 2. The van der Waals surface area contributed by atoms with E-state index in [0.717, 1.165) is 24.3 Å². The second kappa shape index (κ2) is 6.17. The second-order valence-corrected chi connectivity index (χ2v) is 5.68. The molecule has 0 unspecified atom stereocenters. The van der Waals surface area contributed by atoms with Crippen molar-refractivity contribution in [3.63, 3.8) is 0 Å². The molecule has 1 fully saturated rings. The first kappa shape index (κ1) is 13.9. The molecule has 1 N–H and O–H groups in total. The zero-order valence-electron chi connectivity index (χ0n) is 12.4. The van der Waals surface area contributed by atoms with E-state index in [-0.39, 0.29) is 5.82 Å². The van der Waals surface area contributed by atoms with Gasteiger partial charge in [-0.2, -0.15) is 0 Å². The number of nitrogens with zero attached hydrogens (tertiary/aromatic N) is 1. The molecule has 0 amide bonds.